The van der Waals surface area contributed by atoms with Gasteiger partial charge >= 0.3 is 0 Å². The molecule has 28 heavy (non-hydrogen) atoms. The van der Waals surface area contributed by atoms with E-state index in [9.17, 15) is 0 Å². The number of rotatable bonds is 10. The fourth-order valence-electron chi connectivity index (χ4n) is 3.08. The van der Waals surface area contributed by atoms with E-state index >= 15 is 0 Å². The number of aromatic nitrogens is 2. The molecule has 1 aromatic carbocycles. The average Bonchev–Trinajstić information content (AvgIpc) is 3.08. The molecule has 0 fully saturated rings. The van der Waals surface area contributed by atoms with Crippen LogP contribution >= 0.6 is 24.0 Å². The summed E-state index contributed by atoms with van der Waals surface area (Å²) in [6.07, 6.45) is 6.12. The normalized spacial score (nSPS) is 11.1. The van der Waals surface area contributed by atoms with Gasteiger partial charge in [-0.05, 0) is 51.3 Å². The summed E-state index contributed by atoms with van der Waals surface area (Å²) < 4.78 is 2.19. The molecular weight excluding hydrogens is 463 g/mol. The van der Waals surface area contributed by atoms with Gasteiger partial charge in [-0.25, -0.2) is 4.98 Å². The van der Waals surface area contributed by atoms with E-state index in [1.165, 1.54) is 11.3 Å². The molecule has 2 N–H and O–H groups in total. The number of likely N-dealkylation sites (N-methyl/N-ethyl adjacent to an activating group) is 1. The summed E-state index contributed by atoms with van der Waals surface area (Å²) in [7, 11) is 1.82. The van der Waals surface area contributed by atoms with Gasteiger partial charge in [0.05, 0.1) is 0 Å². The molecule has 7 heteroatoms. The van der Waals surface area contributed by atoms with E-state index in [2.05, 4.69) is 68.2 Å². The van der Waals surface area contributed by atoms with Crippen molar-refractivity contribution < 1.29 is 0 Å². The zero-order chi connectivity index (χ0) is 19.5. The van der Waals surface area contributed by atoms with Crippen LogP contribution in [-0.4, -0.2) is 48.7 Å². The van der Waals surface area contributed by atoms with Crippen LogP contribution < -0.4 is 15.5 Å². The van der Waals surface area contributed by atoms with Crippen LogP contribution in [0.25, 0.3) is 0 Å². The molecule has 0 atom stereocenters. The molecule has 0 saturated heterocycles. The van der Waals surface area contributed by atoms with Gasteiger partial charge in [-0.15, -0.1) is 24.0 Å². The predicted octanol–water partition coefficient (Wildman–Crippen LogP) is 3.59. The van der Waals surface area contributed by atoms with Crippen LogP contribution in [0.2, 0.25) is 0 Å². The molecule has 2 rings (SSSR count). The Hall–Kier alpha value is -1.77. The van der Waals surface area contributed by atoms with Crippen molar-refractivity contribution in [2.24, 2.45) is 4.99 Å². The Kier molecular flexibility index (Phi) is 11.6. The lowest BCUT2D eigenvalue weighted by Gasteiger charge is -2.24. The van der Waals surface area contributed by atoms with Crippen LogP contribution in [0.1, 0.15) is 31.2 Å². The van der Waals surface area contributed by atoms with E-state index < -0.39 is 0 Å². The predicted molar refractivity (Wildman–Crippen MR) is 130 cm³/mol. The first-order valence-corrected chi connectivity index (χ1v) is 9.88. The highest BCUT2D eigenvalue weighted by atomic mass is 127. The highest BCUT2D eigenvalue weighted by Gasteiger charge is 2.05. The van der Waals surface area contributed by atoms with Gasteiger partial charge in [0.2, 0.25) is 0 Å². The molecule has 2 aromatic rings. The molecule has 0 amide bonds. The first kappa shape index (κ1) is 24.3. The molecule has 1 heterocycles. The minimum absolute atomic E-state index is 0. The van der Waals surface area contributed by atoms with Crippen molar-refractivity contribution in [1.82, 2.24) is 20.2 Å². The number of benzene rings is 1. The summed E-state index contributed by atoms with van der Waals surface area (Å²) in [5.74, 6) is 1.95. The second kappa shape index (κ2) is 13.4. The Balaban J connectivity index is 0.00000392. The maximum Gasteiger partial charge on any atom is 0.191 e. The Morgan fingerprint density at radius 3 is 2.61 bits per heavy atom. The number of nitrogens with zero attached hydrogens (tertiary/aromatic N) is 4. The number of aliphatic imine (C=N–C) groups is 1. The quantitative estimate of drug-likeness (QED) is 0.228. The average molecular weight is 498 g/mol. The summed E-state index contributed by atoms with van der Waals surface area (Å²) in [5, 5.41) is 6.81. The third-order valence-electron chi connectivity index (χ3n) is 4.69. The molecule has 0 bridgehead atoms. The summed E-state index contributed by atoms with van der Waals surface area (Å²) in [5.41, 5.74) is 2.57. The van der Waals surface area contributed by atoms with Crippen LogP contribution in [0.4, 0.5) is 5.69 Å². The van der Waals surface area contributed by atoms with E-state index in [1.807, 2.05) is 26.4 Å². The Bertz CT molecular complexity index is 712. The van der Waals surface area contributed by atoms with Crippen LogP contribution in [0.15, 0.2) is 41.7 Å². The van der Waals surface area contributed by atoms with E-state index in [1.54, 1.807) is 0 Å². The smallest absolute Gasteiger partial charge is 0.191 e. The maximum atomic E-state index is 4.32. The number of imidazole rings is 1. The van der Waals surface area contributed by atoms with Crippen molar-refractivity contribution in [2.45, 2.75) is 40.2 Å². The fraction of sp³-hybridized carbons (Fsp3) is 0.524. The van der Waals surface area contributed by atoms with E-state index in [0.717, 1.165) is 57.3 Å². The number of nitrogens with one attached hydrogen (secondary N) is 2. The standard InChI is InChI=1S/C21H34N6.HI/c1-5-26(20-10-8-9-18(2)17-20)15-13-25-21(22-4)24-11-6-7-14-27-16-12-23-19(27)3;/h8-10,12,16-17H,5-7,11,13-15H2,1-4H3,(H2,22,24,25);1H. The monoisotopic (exact) mass is 498 g/mol. The number of hydrogen-bond donors (Lipinski definition) is 2. The van der Waals surface area contributed by atoms with Crippen LogP contribution in [-0.2, 0) is 6.54 Å². The van der Waals surface area contributed by atoms with Crippen molar-refractivity contribution >= 4 is 35.6 Å². The number of halogens is 1. The molecule has 1 aromatic heterocycles. The highest BCUT2D eigenvalue weighted by molar-refractivity contribution is 14.0. The molecule has 156 valence electrons. The van der Waals surface area contributed by atoms with Crippen molar-refractivity contribution in [3.63, 3.8) is 0 Å². The van der Waals surface area contributed by atoms with Gasteiger partial charge in [0.25, 0.3) is 0 Å². The van der Waals surface area contributed by atoms with E-state index in [-0.39, 0.29) is 24.0 Å². The number of unbranched alkanes of at least 4 members (excludes halogenated alkanes) is 1. The van der Waals surface area contributed by atoms with E-state index in [0.29, 0.717) is 0 Å². The first-order chi connectivity index (χ1) is 13.1. The Morgan fingerprint density at radius 2 is 1.96 bits per heavy atom. The lowest BCUT2D eigenvalue weighted by molar-refractivity contribution is 0.588. The second-order valence-corrected chi connectivity index (χ2v) is 6.72. The molecule has 0 unspecified atom stereocenters. The van der Waals surface area contributed by atoms with Gasteiger partial charge in [-0.2, -0.15) is 0 Å². The van der Waals surface area contributed by atoms with Gasteiger partial charge in [0.1, 0.15) is 5.82 Å². The van der Waals surface area contributed by atoms with Crippen LogP contribution in [0.3, 0.4) is 0 Å². The topological polar surface area (TPSA) is 57.5 Å². The summed E-state index contributed by atoms with van der Waals surface area (Å²) in [6.45, 7) is 11.1. The van der Waals surface area contributed by atoms with Gasteiger partial charge in [0, 0.05) is 57.9 Å². The Morgan fingerprint density at radius 1 is 1.18 bits per heavy atom. The molecule has 0 aliphatic rings. The zero-order valence-electron chi connectivity index (χ0n) is 17.6. The largest absolute Gasteiger partial charge is 0.370 e. The third kappa shape index (κ3) is 8.08. The van der Waals surface area contributed by atoms with Crippen LogP contribution in [0, 0.1) is 13.8 Å². The van der Waals surface area contributed by atoms with Crippen molar-refractivity contribution in [1.29, 1.82) is 0 Å². The third-order valence-corrected chi connectivity index (χ3v) is 4.69. The zero-order valence-corrected chi connectivity index (χ0v) is 19.9. The minimum atomic E-state index is 0. The maximum absolute atomic E-state index is 4.32. The summed E-state index contributed by atoms with van der Waals surface area (Å²) >= 11 is 0. The van der Waals surface area contributed by atoms with Gasteiger partial charge < -0.3 is 20.1 Å². The first-order valence-electron chi connectivity index (χ1n) is 9.88. The van der Waals surface area contributed by atoms with Gasteiger partial charge in [-0.3, -0.25) is 4.99 Å². The minimum Gasteiger partial charge on any atom is -0.370 e. The highest BCUT2D eigenvalue weighted by Crippen LogP contribution is 2.14. The number of aryl methyl sites for hydroxylation is 3. The number of anilines is 1. The number of guanidine groups is 1. The lowest BCUT2D eigenvalue weighted by Crippen LogP contribution is -2.42. The van der Waals surface area contributed by atoms with Crippen LogP contribution in [0.5, 0.6) is 0 Å². The second-order valence-electron chi connectivity index (χ2n) is 6.72. The molecule has 6 nitrogen and oxygen atoms in total. The van der Waals surface area contributed by atoms with Crippen molar-refractivity contribution in [3.8, 4) is 0 Å². The van der Waals surface area contributed by atoms with Crippen molar-refractivity contribution in [3.05, 3.63) is 48.0 Å². The van der Waals surface area contributed by atoms with E-state index in [4.69, 9.17) is 0 Å². The molecule has 0 radical (unpaired) electrons. The Labute approximate surface area is 186 Å². The fourth-order valence-corrected chi connectivity index (χ4v) is 3.08. The molecule has 0 saturated carbocycles. The summed E-state index contributed by atoms with van der Waals surface area (Å²) in [4.78, 5) is 10.9. The lowest BCUT2D eigenvalue weighted by atomic mass is 10.2. The SMILES string of the molecule is CCN(CCNC(=NC)NCCCCn1ccnc1C)c1cccc(C)c1.I. The summed E-state index contributed by atoms with van der Waals surface area (Å²) in [6, 6.07) is 8.66. The van der Waals surface area contributed by atoms with Gasteiger partial charge in [0.15, 0.2) is 5.96 Å². The molecular formula is C21H35IN6. The van der Waals surface area contributed by atoms with Crippen molar-refractivity contribution in [2.75, 3.05) is 38.1 Å². The molecule has 0 spiro atoms. The van der Waals surface area contributed by atoms with Gasteiger partial charge in [-0.1, -0.05) is 12.1 Å². The molecule has 0 aliphatic heterocycles. The molecule has 0 aliphatic carbocycles. The number of hydrogen-bond acceptors (Lipinski definition) is 3.